The summed E-state index contributed by atoms with van der Waals surface area (Å²) in [6, 6.07) is 0. The SMILES string of the molecule is [3H]C(NC)C(=O)OC. The van der Waals surface area contributed by atoms with E-state index in [2.05, 4.69) is 10.1 Å². The third-order valence-electron chi connectivity index (χ3n) is 0.463. The normalized spacial score (nSPS) is 14.9. The van der Waals surface area contributed by atoms with Gasteiger partial charge in [-0.3, -0.25) is 4.79 Å². The van der Waals surface area contributed by atoms with Crippen molar-refractivity contribution >= 4 is 5.97 Å². The van der Waals surface area contributed by atoms with Crippen LogP contribution < -0.4 is 5.32 Å². The first-order chi connectivity index (χ1) is 3.72. The van der Waals surface area contributed by atoms with E-state index in [4.69, 9.17) is 1.37 Å². The Labute approximate surface area is 44.1 Å². The van der Waals surface area contributed by atoms with Crippen LogP contribution in [0.3, 0.4) is 0 Å². The lowest BCUT2D eigenvalue weighted by molar-refractivity contribution is -0.139. The first-order valence-electron chi connectivity index (χ1n) is 2.47. The third-order valence-corrected chi connectivity index (χ3v) is 0.463. The van der Waals surface area contributed by atoms with Crippen molar-refractivity contribution < 1.29 is 10.9 Å². The second kappa shape index (κ2) is 3.61. The van der Waals surface area contributed by atoms with Gasteiger partial charge in [0.1, 0.15) is 0 Å². The molecule has 1 unspecified atom stereocenters. The molecule has 1 N–H and O–H groups in total. The van der Waals surface area contributed by atoms with E-state index in [1.54, 1.807) is 0 Å². The van der Waals surface area contributed by atoms with Crippen LogP contribution in [0.1, 0.15) is 1.37 Å². The molecular weight excluding hydrogens is 94.0 g/mol. The molecule has 3 nitrogen and oxygen atoms in total. The summed E-state index contributed by atoms with van der Waals surface area (Å²) in [6.07, 6.45) is 0. The fourth-order valence-corrected chi connectivity index (χ4v) is 0.177. The number of esters is 1. The molecule has 0 radical (unpaired) electrons. The summed E-state index contributed by atoms with van der Waals surface area (Å²) in [5.41, 5.74) is 0. The maximum Gasteiger partial charge on any atom is 0.319 e. The molecule has 0 aromatic rings. The van der Waals surface area contributed by atoms with Crippen LogP contribution in [0.4, 0.5) is 0 Å². The molecule has 0 aliphatic heterocycles. The van der Waals surface area contributed by atoms with E-state index in [0.29, 0.717) is 0 Å². The van der Waals surface area contributed by atoms with Crippen LogP contribution in [0.25, 0.3) is 0 Å². The Hall–Kier alpha value is -0.570. The summed E-state index contributed by atoms with van der Waals surface area (Å²) in [7, 11) is 2.77. The van der Waals surface area contributed by atoms with Gasteiger partial charge in [-0.25, -0.2) is 0 Å². The summed E-state index contributed by atoms with van der Waals surface area (Å²) in [5, 5.41) is 2.41. The molecule has 0 heterocycles. The van der Waals surface area contributed by atoms with Gasteiger partial charge in [0.25, 0.3) is 0 Å². The topological polar surface area (TPSA) is 38.3 Å². The average Bonchev–Trinajstić information content (AvgIpc) is 1.84. The van der Waals surface area contributed by atoms with Crippen LogP contribution in [0.5, 0.6) is 0 Å². The molecule has 0 bridgehead atoms. The van der Waals surface area contributed by atoms with Crippen molar-refractivity contribution in [1.82, 2.24) is 5.32 Å². The van der Waals surface area contributed by atoms with Gasteiger partial charge >= 0.3 is 5.97 Å². The lowest BCUT2D eigenvalue weighted by Gasteiger charge is -1.93. The highest BCUT2D eigenvalue weighted by Gasteiger charge is 1.91. The fourth-order valence-electron chi connectivity index (χ4n) is 0.177. The van der Waals surface area contributed by atoms with Crippen LogP contribution in [-0.4, -0.2) is 26.6 Å². The van der Waals surface area contributed by atoms with E-state index < -0.39 is 12.5 Å². The summed E-state index contributed by atoms with van der Waals surface area (Å²) < 4.78 is 11.1. The maximum absolute atomic E-state index is 10.3. The Morgan fingerprint density at radius 2 is 2.71 bits per heavy atom. The first-order valence-corrected chi connectivity index (χ1v) is 1.89. The standard InChI is InChI=1S/C4H9NO2/c1-5-3-4(6)7-2/h5H,3H2,1-2H3/i3T. The summed E-state index contributed by atoms with van der Waals surface area (Å²) in [6.45, 7) is -0.944. The average molecular weight is 105 g/mol. The number of rotatable bonds is 2. The van der Waals surface area contributed by atoms with E-state index in [9.17, 15) is 4.79 Å². The van der Waals surface area contributed by atoms with Crippen molar-refractivity contribution in [3.05, 3.63) is 0 Å². The second-order valence-corrected chi connectivity index (χ2v) is 0.956. The summed E-state index contributed by atoms with van der Waals surface area (Å²) in [5.74, 6) is -0.562. The monoisotopic (exact) mass is 105 g/mol. The predicted octanol–water partition coefficient (Wildman–Crippen LogP) is -0.621. The van der Waals surface area contributed by atoms with Gasteiger partial charge in [0, 0.05) is 0 Å². The van der Waals surface area contributed by atoms with Gasteiger partial charge in [-0.2, -0.15) is 0 Å². The molecule has 1 atom stereocenters. The lowest BCUT2D eigenvalue weighted by Crippen LogP contribution is -2.19. The predicted molar refractivity (Wildman–Crippen MR) is 25.9 cm³/mol. The van der Waals surface area contributed by atoms with Crippen LogP contribution in [-0.2, 0) is 9.53 Å². The molecule has 0 spiro atoms. The summed E-state index contributed by atoms with van der Waals surface area (Å²) >= 11 is 0. The number of ether oxygens (including phenoxy) is 1. The maximum atomic E-state index is 10.3. The van der Waals surface area contributed by atoms with Gasteiger partial charge in [0.05, 0.1) is 15.0 Å². The van der Waals surface area contributed by atoms with Gasteiger partial charge in [-0.15, -0.1) is 0 Å². The van der Waals surface area contributed by atoms with E-state index in [1.807, 2.05) is 0 Å². The molecule has 3 heteroatoms. The van der Waals surface area contributed by atoms with E-state index >= 15 is 0 Å². The molecular formula is C4H9NO2. The van der Waals surface area contributed by atoms with E-state index in [-0.39, 0.29) is 0 Å². The molecule has 0 aromatic heterocycles. The van der Waals surface area contributed by atoms with Gasteiger partial charge in [-0.05, 0) is 7.05 Å². The Morgan fingerprint density at radius 3 is 2.86 bits per heavy atom. The van der Waals surface area contributed by atoms with E-state index in [1.165, 1.54) is 14.2 Å². The van der Waals surface area contributed by atoms with Crippen LogP contribution in [0.15, 0.2) is 0 Å². The minimum Gasteiger partial charge on any atom is -0.468 e. The Kier molecular flexibility index (Phi) is 2.37. The number of nitrogens with one attached hydrogen (secondary N) is 1. The van der Waals surface area contributed by atoms with Crippen molar-refractivity contribution in [3.8, 4) is 0 Å². The smallest absolute Gasteiger partial charge is 0.319 e. The lowest BCUT2D eigenvalue weighted by atomic mass is 10.7. The highest BCUT2D eigenvalue weighted by Crippen LogP contribution is 1.64. The van der Waals surface area contributed by atoms with Crippen molar-refractivity contribution in [2.75, 3.05) is 20.7 Å². The second-order valence-electron chi connectivity index (χ2n) is 0.956. The molecule has 7 heavy (non-hydrogen) atoms. The number of carbonyl (C=O) groups is 1. The molecule has 42 valence electrons. The third kappa shape index (κ3) is 3.26. The van der Waals surface area contributed by atoms with Crippen molar-refractivity contribution in [1.29, 1.82) is 0 Å². The minimum atomic E-state index is -0.944. The van der Waals surface area contributed by atoms with Crippen molar-refractivity contribution in [2.45, 2.75) is 0 Å². The zero-order chi connectivity index (χ0) is 6.57. The highest BCUT2D eigenvalue weighted by molar-refractivity contribution is 5.71. The Bertz CT molecular complexity index is 86.1. The van der Waals surface area contributed by atoms with Crippen molar-refractivity contribution in [3.63, 3.8) is 0 Å². The molecule has 0 fully saturated rings. The Balaban J connectivity index is 3.46. The van der Waals surface area contributed by atoms with Crippen LogP contribution >= 0.6 is 0 Å². The van der Waals surface area contributed by atoms with Gasteiger partial charge in [0.15, 0.2) is 0 Å². The zero-order valence-corrected chi connectivity index (χ0v) is 4.39. The largest absolute Gasteiger partial charge is 0.468 e. The fraction of sp³-hybridized carbons (Fsp3) is 0.750. The van der Waals surface area contributed by atoms with Crippen LogP contribution in [0, 0.1) is 0 Å². The van der Waals surface area contributed by atoms with E-state index in [0.717, 1.165) is 0 Å². The Morgan fingerprint density at radius 1 is 2.14 bits per heavy atom. The van der Waals surface area contributed by atoms with Gasteiger partial charge in [-0.1, -0.05) is 0 Å². The molecule has 0 saturated heterocycles. The quantitative estimate of drug-likeness (QED) is 0.475. The first kappa shape index (κ1) is 4.59. The molecule has 0 aliphatic carbocycles. The molecule has 0 rings (SSSR count). The number of hydrogen-bond donors (Lipinski definition) is 1. The minimum absolute atomic E-state index is 0.562. The molecule has 0 aliphatic rings. The number of carbonyl (C=O) groups excluding carboxylic acids is 1. The number of likely N-dealkylation sites (N-methyl/N-ethyl adjacent to an activating group) is 1. The highest BCUT2D eigenvalue weighted by atomic mass is 16.5. The zero-order valence-electron chi connectivity index (χ0n) is 5.39. The molecule has 0 amide bonds. The van der Waals surface area contributed by atoms with Crippen LogP contribution in [0.2, 0.25) is 0 Å². The van der Waals surface area contributed by atoms with Crippen molar-refractivity contribution in [2.24, 2.45) is 0 Å². The molecule has 0 aromatic carbocycles. The number of hydrogen-bond acceptors (Lipinski definition) is 3. The number of methoxy groups -OCH3 is 1. The molecule has 0 saturated carbocycles. The summed E-state index contributed by atoms with van der Waals surface area (Å²) in [4.78, 5) is 10.3. The van der Waals surface area contributed by atoms with Gasteiger partial charge < -0.3 is 10.1 Å². The van der Waals surface area contributed by atoms with Gasteiger partial charge in [0.2, 0.25) is 0 Å².